The van der Waals surface area contributed by atoms with Gasteiger partial charge in [-0.1, -0.05) is 43.5 Å². The minimum Gasteiger partial charge on any atom is -0.337 e. The van der Waals surface area contributed by atoms with Crippen LogP contribution in [-0.2, 0) is 11.3 Å². The summed E-state index contributed by atoms with van der Waals surface area (Å²) in [5.74, 6) is 0.322. The molecular formula is C24H33N5O2. The average Bonchev–Trinajstić information content (AvgIpc) is 2.77. The van der Waals surface area contributed by atoms with E-state index in [0.29, 0.717) is 11.9 Å². The number of hydrogen-bond acceptors (Lipinski definition) is 4. The second-order valence-corrected chi connectivity index (χ2v) is 8.26. The fraction of sp³-hybridized carbons (Fsp3) is 0.458. The molecule has 0 saturated heterocycles. The lowest BCUT2D eigenvalue weighted by atomic mass is 9.94. The Morgan fingerprint density at radius 1 is 1.06 bits per heavy atom. The van der Waals surface area contributed by atoms with E-state index in [1.165, 1.54) is 32.1 Å². The van der Waals surface area contributed by atoms with E-state index < -0.39 is 0 Å². The molecule has 3 N–H and O–H groups in total. The predicted molar refractivity (Wildman–Crippen MR) is 124 cm³/mol. The van der Waals surface area contributed by atoms with Crippen LogP contribution in [-0.4, -0.2) is 41.5 Å². The van der Waals surface area contributed by atoms with E-state index in [1.54, 1.807) is 12.3 Å². The standard InChI is InChI=1S/C24H33N5O2/c1-18-12-13-22(26-16-18)28-23(30)14-15-25-24(31)27-21-11-7-6-8-19(21)17-29(2)20-9-4-3-5-10-20/h6-8,11-13,16,20H,3-5,9-10,14-15,17H2,1-2H3,(H2,25,27,31)(H,26,28,30). The number of rotatable bonds is 8. The first-order chi connectivity index (χ1) is 15.0. The van der Waals surface area contributed by atoms with Crippen molar-refractivity contribution in [2.75, 3.05) is 24.2 Å². The van der Waals surface area contributed by atoms with Crippen molar-refractivity contribution in [3.63, 3.8) is 0 Å². The van der Waals surface area contributed by atoms with Gasteiger partial charge in [0.2, 0.25) is 5.91 Å². The number of pyridine rings is 1. The van der Waals surface area contributed by atoms with Crippen molar-refractivity contribution in [3.8, 4) is 0 Å². The molecule has 7 heteroatoms. The number of anilines is 2. The monoisotopic (exact) mass is 423 g/mol. The van der Waals surface area contributed by atoms with Crippen molar-refractivity contribution >= 4 is 23.4 Å². The second kappa shape index (κ2) is 11.5. The van der Waals surface area contributed by atoms with Crippen molar-refractivity contribution in [2.24, 2.45) is 0 Å². The maximum atomic E-state index is 12.3. The summed E-state index contributed by atoms with van der Waals surface area (Å²) in [6.07, 6.45) is 8.29. The van der Waals surface area contributed by atoms with E-state index in [2.05, 4.69) is 38.9 Å². The SMILES string of the molecule is Cc1ccc(NC(=O)CCNC(=O)Nc2ccccc2CN(C)C2CCCCC2)nc1. The third kappa shape index (κ3) is 7.36. The van der Waals surface area contributed by atoms with Crippen molar-refractivity contribution < 1.29 is 9.59 Å². The molecule has 3 amide bonds. The molecule has 1 fully saturated rings. The van der Waals surface area contributed by atoms with E-state index in [0.717, 1.165) is 23.4 Å². The molecule has 0 atom stereocenters. The van der Waals surface area contributed by atoms with E-state index in [4.69, 9.17) is 0 Å². The number of aryl methyl sites for hydroxylation is 1. The first kappa shape index (κ1) is 22.7. The fourth-order valence-electron chi connectivity index (χ4n) is 3.90. The van der Waals surface area contributed by atoms with Crippen LogP contribution in [0.4, 0.5) is 16.3 Å². The molecule has 31 heavy (non-hydrogen) atoms. The van der Waals surface area contributed by atoms with Crippen LogP contribution in [0.1, 0.15) is 49.7 Å². The molecule has 1 saturated carbocycles. The van der Waals surface area contributed by atoms with Crippen LogP contribution in [0, 0.1) is 6.92 Å². The molecule has 0 aliphatic heterocycles. The number of nitrogens with one attached hydrogen (secondary N) is 3. The van der Waals surface area contributed by atoms with Crippen LogP contribution in [0.5, 0.6) is 0 Å². The van der Waals surface area contributed by atoms with Crippen LogP contribution < -0.4 is 16.0 Å². The van der Waals surface area contributed by atoms with E-state index >= 15 is 0 Å². The summed E-state index contributed by atoms with van der Waals surface area (Å²) in [6.45, 7) is 2.98. The van der Waals surface area contributed by atoms with Gasteiger partial charge in [-0.15, -0.1) is 0 Å². The Morgan fingerprint density at radius 2 is 1.84 bits per heavy atom. The van der Waals surface area contributed by atoms with Gasteiger partial charge in [-0.25, -0.2) is 9.78 Å². The molecule has 0 unspecified atom stereocenters. The zero-order valence-corrected chi connectivity index (χ0v) is 18.5. The summed E-state index contributed by atoms with van der Waals surface area (Å²) < 4.78 is 0. The van der Waals surface area contributed by atoms with Crippen molar-refractivity contribution in [1.82, 2.24) is 15.2 Å². The quantitative estimate of drug-likeness (QED) is 0.591. The highest BCUT2D eigenvalue weighted by molar-refractivity contribution is 5.92. The average molecular weight is 424 g/mol. The first-order valence-electron chi connectivity index (χ1n) is 11.1. The number of amides is 3. The van der Waals surface area contributed by atoms with Gasteiger partial charge in [0.25, 0.3) is 0 Å². The number of para-hydroxylation sites is 1. The van der Waals surface area contributed by atoms with Gasteiger partial charge in [-0.05, 0) is 50.1 Å². The summed E-state index contributed by atoms with van der Waals surface area (Å²) in [4.78, 5) is 30.9. The number of aromatic nitrogens is 1. The Morgan fingerprint density at radius 3 is 2.58 bits per heavy atom. The second-order valence-electron chi connectivity index (χ2n) is 8.26. The van der Waals surface area contributed by atoms with Crippen molar-refractivity contribution in [2.45, 2.75) is 58.0 Å². The molecule has 1 aromatic carbocycles. The van der Waals surface area contributed by atoms with Crippen LogP contribution in [0.3, 0.4) is 0 Å². The zero-order valence-electron chi connectivity index (χ0n) is 18.5. The number of carbonyl (C=O) groups excluding carboxylic acids is 2. The van der Waals surface area contributed by atoms with Crippen LogP contribution in [0.15, 0.2) is 42.6 Å². The van der Waals surface area contributed by atoms with Gasteiger partial charge in [-0.2, -0.15) is 0 Å². The Hall–Kier alpha value is -2.93. The van der Waals surface area contributed by atoms with E-state index in [1.807, 2.05) is 31.2 Å². The van der Waals surface area contributed by atoms with Gasteiger partial charge >= 0.3 is 6.03 Å². The predicted octanol–water partition coefficient (Wildman–Crippen LogP) is 4.30. The lowest BCUT2D eigenvalue weighted by Gasteiger charge is -2.31. The number of nitrogens with zero attached hydrogens (tertiary/aromatic N) is 2. The maximum absolute atomic E-state index is 12.3. The van der Waals surface area contributed by atoms with Gasteiger partial charge in [0.05, 0.1) is 0 Å². The fourth-order valence-corrected chi connectivity index (χ4v) is 3.90. The molecule has 0 bridgehead atoms. The first-order valence-corrected chi connectivity index (χ1v) is 11.1. The smallest absolute Gasteiger partial charge is 0.319 e. The molecule has 1 aliphatic carbocycles. The molecule has 1 aromatic heterocycles. The minimum atomic E-state index is -0.311. The molecule has 3 rings (SSSR count). The Kier molecular flexibility index (Phi) is 8.41. The van der Waals surface area contributed by atoms with Gasteiger partial charge in [0.15, 0.2) is 0 Å². The summed E-state index contributed by atoms with van der Waals surface area (Å²) in [5, 5.41) is 8.41. The normalized spacial score (nSPS) is 14.3. The molecule has 1 heterocycles. The lowest BCUT2D eigenvalue weighted by Crippen LogP contribution is -2.34. The summed E-state index contributed by atoms with van der Waals surface area (Å²) in [6, 6.07) is 11.8. The molecule has 1 aliphatic rings. The minimum absolute atomic E-state index is 0.176. The largest absolute Gasteiger partial charge is 0.337 e. The number of hydrogen-bond donors (Lipinski definition) is 3. The van der Waals surface area contributed by atoms with Gasteiger partial charge in [0.1, 0.15) is 5.82 Å². The Balaban J connectivity index is 1.44. The summed E-state index contributed by atoms with van der Waals surface area (Å²) in [7, 11) is 2.16. The van der Waals surface area contributed by atoms with Crippen molar-refractivity contribution in [3.05, 3.63) is 53.7 Å². The molecule has 0 spiro atoms. The summed E-state index contributed by atoms with van der Waals surface area (Å²) >= 11 is 0. The van der Waals surface area contributed by atoms with E-state index in [-0.39, 0.29) is 24.9 Å². The van der Waals surface area contributed by atoms with Gasteiger partial charge < -0.3 is 16.0 Å². The van der Waals surface area contributed by atoms with Crippen LogP contribution in [0.2, 0.25) is 0 Å². The van der Waals surface area contributed by atoms with Crippen LogP contribution in [0.25, 0.3) is 0 Å². The maximum Gasteiger partial charge on any atom is 0.319 e. The molecule has 166 valence electrons. The third-order valence-corrected chi connectivity index (χ3v) is 5.70. The molecule has 0 radical (unpaired) electrons. The number of urea groups is 1. The van der Waals surface area contributed by atoms with Crippen molar-refractivity contribution in [1.29, 1.82) is 0 Å². The Labute approximate surface area is 184 Å². The Bertz CT molecular complexity index is 863. The van der Waals surface area contributed by atoms with E-state index in [9.17, 15) is 9.59 Å². The highest BCUT2D eigenvalue weighted by Gasteiger charge is 2.19. The summed E-state index contributed by atoms with van der Waals surface area (Å²) in [5.41, 5.74) is 2.92. The zero-order chi connectivity index (χ0) is 22.1. The van der Waals surface area contributed by atoms with Crippen LogP contribution >= 0.6 is 0 Å². The van der Waals surface area contributed by atoms with Gasteiger partial charge in [-0.3, -0.25) is 9.69 Å². The van der Waals surface area contributed by atoms with Gasteiger partial charge in [0, 0.05) is 37.4 Å². The molecule has 2 aromatic rings. The topological polar surface area (TPSA) is 86.4 Å². The lowest BCUT2D eigenvalue weighted by molar-refractivity contribution is -0.116. The number of benzene rings is 1. The molecular weight excluding hydrogens is 390 g/mol. The number of carbonyl (C=O) groups is 2. The molecule has 7 nitrogen and oxygen atoms in total. The highest BCUT2D eigenvalue weighted by atomic mass is 16.2. The third-order valence-electron chi connectivity index (χ3n) is 5.70. The highest BCUT2D eigenvalue weighted by Crippen LogP contribution is 2.24.